The van der Waals surface area contributed by atoms with E-state index in [1.165, 1.54) is 18.2 Å². The van der Waals surface area contributed by atoms with E-state index in [9.17, 15) is 4.79 Å². The Morgan fingerprint density at radius 2 is 2.27 bits per heavy atom. The van der Waals surface area contributed by atoms with Crippen molar-refractivity contribution in [2.24, 2.45) is 5.73 Å². The fourth-order valence-corrected chi connectivity index (χ4v) is 2.26. The molecule has 0 saturated carbocycles. The average Bonchev–Trinajstić information content (AvgIpc) is 2.70. The highest BCUT2D eigenvalue weighted by atomic mass is 16.5. The molecule has 2 N–H and O–H groups in total. The van der Waals surface area contributed by atoms with Crippen LogP contribution in [-0.2, 0) is 16.0 Å². The molecule has 3 heteroatoms. The number of carbonyl (C=O) groups excluding carboxylic acids is 1. The van der Waals surface area contributed by atoms with Crippen LogP contribution in [0.2, 0.25) is 0 Å². The lowest BCUT2D eigenvalue weighted by Gasteiger charge is -2.17. The minimum Gasteiger partial charge on any atom is -0.468 e. The Balaban J connectivity index is 2.24. The highest BCUT2D eigenvalue weighted by Gasteiger charge is 2.31. The third kappa shape index (κ3) is 1.75. The van der Waals surface area contributed by atoms with Gasteiger partial charge in [-0.05, 0) is 24.0 Å². The third-order valence-corrected chi connectivity index (χ3v) is 3.09. The van der Waals surface area contributed by atoms with Crippen LogP contribution in [-0.4, -0.2) is 19.1 Å². The van der Waals surface area contributed by atoms with Crippen LogP contribution < -0.4 is 5.73 Å². The Morgan fingerprint density at radius 1 is 1.53 bits per heavy atom. The standard InChI is InChI=1S/C12H15NO2/c1-15-12(14)11(13)10-7-6-8-4-2-3-5-9(8)10/h2-5,10-11H,6-7,13H2,1H3. The number of ether oxygens (including phenoxy) is 1. The maximum atomic E-state index is 11.4. The SMILES string of the molecule is COC(=O)C(N)C1CCc2ccccc21. The van der Waals surface area contributed by atoms with E-state index in [0.717, 1.165) is 12.8 Å². The molecule has 15 heavy (non-hydrogen) atoms. The lowest BCUT2D eigenvalue weighted by atomic mass is 9.94. The van der Waals surface area contributed by atoms with E-state index in [1.807, 2.05) is 12.1 Å². The van der Waals surface area contributed by atoms with Gasteiger partial charge in [-0.25, -0.2) is 0 Å². The van der Waals surface area contributed by atoms with Crippen molar-refractivity contribution in [3.8, 4) is 0 Å². The van der Waals surface area contributed by atoms with E-state index in [0.29, 0.717) is 0 Å². The highest BCUT2D eigenvalue weighted by Crippen LogP contribution is 2.34. The van der Waals surface area contributed by atoms with Crippen molar-refractivity contribution in [1.29, 1.82) is 0 Å². The Kier molecular flexibility index (Phi) is 2.73. The highest BCUT2D eigenvalue weighted by molar-refractivity contribution is 5.77. The summed E-state index contributed by atoms with van der Waals surface area (Å²) >= 11 is 0. The lowest BCUT2D eigenvalue weighted by Crippen LogP contribution is -2.36. The van der Waals surface area contributed by atoms with Crippen LogP contribution in [0.15, 0.2) is 24.3 Å². The number of nitrogens with two attached hydrogens (primary N) is 1. The Hall–Kier alpha value is -1.35. The van der Waals surface area contributed by atoms with Gasteiger partial charge >= 0.3 is 5.97 Å². The van der Waals surface area contributed by atoms with Crippen molar-refractivity contribution >= 4 is 5.97 Å². The molecule has 2 unspecified atom stereocenters. The van der Waals surface area contributed by atoms with Gasteiger partial charge in [-0.3, -0.25) is 4.79 Å². The van der Waals surface area contributed by atoms with Gasteiger partial charge in [0.2, 0.25) is 0 Å². The molecule has 0 fully saturated rings. The molecule has 2 rings (SSSR count). The van der Waals surface area contributed by atoms with Crippen molar-refractivity contribution in [2.75, 3.05) is 7.11 Å². The van der Waals surface area contributed by atoms with Crippen LogP contribution >= 0.6 is 0 Å². The Morgan fingerprint density at radius 3 is 3.00 bits per heavy atom. The number of fused-ring (bicyclic) bond motifs is 1. The maximum absolute atomic E-state index is 11.4. The van der Waals surface area contributed by atoms with Crippen molar-refractivity contribution in [2.45, 2.75) is 24.8 Å². The second-order valence-electron chi connectivity index (χ2n) is 3.89. The van der Waals surface area contributed by atoms with Gasteiger partial charge in [0.05, 0.1) is 7.11 Å². The molecule has 0 saturated heterocycles. The van der Waals surface area contributed by atoms with Gasteiger partial charge in [-0.1, -0.05) is 24.3 Å². The second kappa shape index (κ2) is 4.03. The third-order valence-electron chi connectivity index (χ3n) is 3.09. The summed E-state index contributed by atoms with van der Waals surface area (Å²) in [5.74, 6) is -0.203. The van der Waals surface area contributed by atoms with Crippen LogP contribution in [0.4, 0.5) is 0 Å². The number of hydrogen-bond donors (Lipinski definition) is 1. The lowest BCUT2D eigenvalue weighted by molar-refractivity contribution is -0.142. The van der Waals surface area contributed by atoms with Crippen LogP contribution in [0, 0.1) is 0 Å². The van der Waals surface area contributed by atoms with Crippen LogP contribution in [0.1, 0.15) is 23.5 Å². The van der Waals surface area contributed by atoms with Gasteiger partial charge < -0.3 is 10.5 Å². The summed E-state index contributed by atoms with van der Waals surface area (Å²) in [4.78, 5) is 11.4. The van der Waals surface area contributed by atoms with Crippen LogP contribution in [0.25, 0.3) is 0 Å². The average molecular weight is 205 g/mol. The first-order valence-electron chi connectivity index (χ1n) is 5.15. The number of esters is 1. The topological polar surface area (TPSA) is 52.3 Å². The molecule has 0 radical (unpaired) electrons. The molecule has 80 valence electrons. The summed E-state index contributed by atoms with van der Waals surface area (Å²) < 4.78 is 4.68. The zero-order chi connectivity index (χ0) is 10.8. The molecule has 1 aromatic rings. The number of benzene rings is 1. The van der Waals surface area contributed by atoms with E-state index in [1.54, 1.807) is 0 Å². The molecule has 2 atom stereocenters. The summed E-state index contributed by atoms with van der Waals surface area (Å²) in [5, 5.41) is 0. The van der Waals surface area contributed by atoms with E-state index in [2.05, 4.69) is 16.9 Å². The van der Waals surface area contributed by atoms with Gasteiger partial charge in [-0.15, -0.1) is 0 Å². The first kappa shape index (κ1) is 10.2. The quantitative estimate of drug-likeness (QED) is 0.738. The molecule has 1 aliphatic rings. The monoisotopic (exact) mass is 205 g/mol. The number of hydrogen-bond acceptors (Lipinski definition) is 3. The normalized spacial score (nSPS) is 20.8. The minimum absolute atomic E-state index is 0.119. The van der Waals surface area contributed by atoms with E-state index >= 15 is 0 Å². The molecule has 0 bridgehead atoms. The van der Waals surface area contributed by atoms with Crippen molar-refractivity contribution in [1.82, 2.24) is 0 Å². The van der Waals surface area contributed by atoms with Gasteiger partial charge in [0, 0.05) is 5.92 Å². The van der Waals surface area contributed by atoms with Gasteiger partial charge in [0.1, 0.15) is 6.04 Å². The summed E-state index contributed by atoms with van der Waals surface area (Å²) in [6.07, 6.45) is 1.95. The summed E-state index contributed by atoms with van der Waals surface area (Å²) in [6, 6.07) is 7.62. The number of rotatable bonds is 2. The molecule has 0 aliphatic heterocycles. The molecular weight excluding hydrogens is 190 g/mol. The number of aryl methyl sites for hydroxylation is 1. The van der Waals surface area contributed by atoms with Crippen molar-refractivity contribution < 1.29 is 9.53 Å². The summed E-state index contributed by atoms with van der Waals surface area (Å²) in [7, 11) is 1.38. The zero-order valence-corrected chi connectivity index (χ0v) is 8.77. The Bertz CT molecular complexity index is 376. The first-order chi connectivity index (χ1) is 7.24. The van der Waals surface area contributed by atoms with E-state index in [-0.39, 0.29) is 11.9 Å². The largest absolute Gasteiger partial charge is 0.468 e. The fraction of sp³-hybridized carbons (Fsp3) is 0.417. The summed E-state index contributed by atoms with van der Waals surface area (Å²) in [5.41, 5.74) is 8.38. The second-order valence-corrected chi connectivity index (χ2v) is 3.89. The Labute approximate surface area is 89.2 Å². The maximum Gasteiger partial charge on any atom is 0.323 e. The number of carbonyl (C=O) groups is 1. The predicted octanol–water partition coefficient (Wildman–Crippen LogP) is 1.22. The van der Waals surface area contributed by atoms with E-state index in [4.69, 9.17) is 5.73 Å². The molecule has 0 spiro atoms. The van der Waals surface area contributed by atoms with E-state index < -0.39 is 6.04 Å². The molecule has 0 heterocycles. The van der Waals surface area contributed by atoms with Crippen molar-refractivity contribution in [3.05, 3.63) is 35.4 Å². The first-order valence-corrected chi connectivity index (χ1v) is 5.15. The van der Waals surface area contributed by atoms with Crippen LogP contribution in [0.3, 0.4) is 0 Å². The van der Waals surface area contributed by atoms with Crippen LogP contribution in [0.5, 0.6) is 0 Å². The minimum atomic E-state index is -0.529. The van der Waals surface area contributed by atoms with Gasteiger partial charge in [0.25, 0.3) is 0 Å². The van der Waals surface area contributed by atoms with Gasteiger partial charge in [0.15, 0.2) is 0 Å². The predicted molar refractivity (Wildman–Crippen MR) is 57.5 cm³/mol. The fourth-order valence-electron chi connectivity index (χ4n) is 2.26. The molecule has 0 aromatic heterocycles. The zero-order valence-electron chi connectivity index (χ0n) is 8.77. The molecule has 0 amide bonds. The van der Waals surface area contributed by atoms with Crippen molar-refractivity contribution in [3.63, 3.8) is 0 Å². The summed E-state index contributed by atoms with van der Waals surface area (Å²) in [6.45, 7) is 0. The molecule has 3 nitrogen and oxygen atoms in total. The molecule has 1 aromatic carbocycles. The number of methoxy groups -OCH3 is 1. The molecular formula is C12H15NO2. The smallest absolute Gasteiger partial charge is 0.323 e. The molecule has 1 aliphatic carbocycles. The van der Waals surface area contributed by atoms with Gasteiger partial charge in [-0.2, -0.15) is 0 Å².